The Balaban J connectivity index is 0.00000361. The average molecular weight is 504 g/mol. The fourth-order valence-corrected chi connectivity index (χ4v) is 4.88. The number of carbonyl (C=O) groups is 1. The van der Waals surface area contributed by atoms with Gasteiger partial charge in [0.2, 0.25) is 0 Å². The smallest absolute Gasteiger partial charge is 0.268 e. The molecule has 0 saturated carbocycles. The fourth-order valence-electron chi connectivity index (χ4n) is 4.88. The second kappa shape index (κ2) is 13.3. The highest BCUT2D eigenvalue weighted by molar-refractivity contribution is 6.02. The number of halogens is 1. The van der Waals surface area contributed by atoms with Crippen LogP contribution in [-0.2, 0) is 6.54 Å². The molecular weight excluding hydrogens is 466 g/mol. The standard InChI is InChI=1S/C31H37N3O.ClH/c1-4-5-14-21-32-31(35)30-29(26-19-12-13-20-27(26)34(30)23-22-33(2)3)28(24-15-8-6-9-16-24)25-17-10-7-11-18-25;/h6-13,15-20,28H,4-5,14,21-23H2,1-3H3,(H,32,35);1H. The van der Waals surface area contributed by atoms with Gasteiger partial charge in [-0.15, -0.1) is 12.4 Å². The zero-order valence-corrected chi connectivity index (χ0v) is 22.4. The number of unbranched alkanes of at least 4 members (excludes halogenated alkanes) is 2. The van der Waals surface area contributed by atoms with Crippen molar-refractivity contribution in [1.82, 2.24) is 14.8 Å². The molecule has 0 radical (unpaired) electrons. The highest BCUT2D eigenvalue weighted by atomic mass is 35.5. The number of fused-ring (bicyclic) bond motifs is 1. The van der Waals surface area contributed by atoms with Crippen LogP contribution in [0.1, 0.15) is 59.3 Å². The van der Waals surface area contributed by atoms with E-state index in [1.165, 1.54) is 11.1 Å². The van der Waals surface area contributed by atoms with Crippen LogP contribution in [0.2, 0.25) is 0 Å². The number of likely N-dealkylation sites (N-methyl/N-ethyl adjacent to an activating group) is 1. The predicted octanol–water partition coefficient (Wildman–Crippen LogP) is 6.72. The molecule has 190 valence electrons. The van der Waals surface area contributed by atoms with Gasteiger partial charge in [-0.2, -0.15) is 0 Å². The topological polar surface area (TPSA) is 37.3 Å². The first-order chi connectivity index (χ1) is 17.1. The number of carbonyl (C=O) groups excluding carboxylic acids is 1. The van der Waals surface area contributed by atoms with E-state index in [0.717, 1.165) is 54.5 Å². The Hall–Kier alpha value is -3.08. The summed E-state index contributed by atoms with van der Waals surface area (Å²) in [6.07, 6.45) is 3.25. The molecule has 4 nitrogen and oxygen atoms in total. The minimum Gasteiger partial charge on any atom is -0.351 e. The second-order valence-electron chi connectivity index (χ2n) is 9.45. The van der Waals surface area contributed by atoms with Crippen molar-refractivity contribution in [2.24, 2.45) is 0 Å². The van der Waals surface area contributed by atoms with Crippen molar-refractivity contribution < 1.29 is 4.79 Å². The normalized spacial score (nSPS) is 11.1. The second-order valence-corrected chi connectivity index (χ2v) is 9.45. The van der Waals surface area contributed by atoms with E-state index in [9.17, 15) is 4.79 Å². The van der Waals surface area contributed by atoms with E-state index >= 15 is 0 Å². The van der Waals surface area contributed by atoms with Crippen molar-refractivity contribution in [2.45, 2.75) is 38.6 Å². The number of amides is 1. The zero-order chi connectivity index (χ0) is 24.6. The van der Waals surface area contributed by atoms with Crippen LogP contribution >= 0.6 is 12.4 Å². The van der Waals surface area contributed by atoms with E-state index in [0.29, 0.717) is 6.54 Å². The number of para-hydroxylation sites is 1. The van der Waals surface area contributed by atoms with Gasteiger partial charge < -0.3 is 14.8 Å². The third-order valence-corrected chi connectivity index (χ3v) is 6.62. The quantitative estimate of drug-likeness (QED) is 0.230. The van der Waals surface area contributed by atoms with Crippen LogP contribution < -0.4 is 5.32 Å². The summed E-state index contributed by atoms with van der Waals surface area (Å²) in [5.41, 5.74) is 5.36. The van der Waals surface area contributed by atoms with Crippen LogP contribution in [0.3, 0.4) is 0 Å². The van der Waals surface area contributed by atoms with Gasteiger partial charge in [0.05, 0.1) is 0 Å². The van der Waals surface area contributed by atoms with E-state index in [4.69, 9.17) is 0 Å². The molecule has 1 heterocycles. The number of rotatable bonds is 11. The molecule has 36 heavy (non-hydrogen) atoms. The third-order valence-electron chi connectivity index (χ3n) is 6.62. The maximum atomic E-state index is 13.9. The summed E-state index contributed by atoms with van der Waals surface area (Å²) in [5, 5.41) is 4.39. The first-order valence-electron chi connectivity index (χ1n) is 12.8. The minimum atomic E-state index is -0.0423. The fraction of sp³-hybridized carbons (Fsp3) is 0.323. The number of aromatic nitrogens is 1. The highest BCUT2D eigenvalue weighted by Gasteiger charge is 2.29. The molecule has 1 aromatic heterocycles. The van der Waals surface area contributed by atoms with Crippen LogP contribution in [0.4, 0.5) is 0 Å². The van der Waals surface area contributed by atoms with Gasteiger partial charge in [0.1, 0.15) is 5.69 Å². The SMILES string of the molecule is CCCCCNC(=O)c1c(C(c2ccccc2)c2ccccc2)c2ccccc2n1CCN(C)C.Cl. The Kier molecular flexibility index (Phi) is 10.2. The molecule has 1 amide bonds. The Morgan fingerprint density at radius 1 is 0.861 bits per heavy atom. The lowest BCUT2D eigenvalue weighted by atomic mass is 9.83. The molecule has 4 rings (SSSR count). The number of nitrogens with one attached hydrogen (secondary N) is 1. The molecule has 5 heteroatoms. The Bertz CT molecular complexity index is 1200. The van der Waals surface area contributed by atoms with Gasteiger partial charge in [-0.1, -0.05) is 98.6 Å². The lowest BCUT2D eigenvalue weighted by molar-refractivity contribution is 0.0942. The molecule has 0 aliphatic heterocycles. The van der Waals surface area contributed by atoms with Gasteiger partial charge in [-0.3, -0.25) is 4.79 Å². The van der Waals surface area contributed by atoms with E-state index in [2.05, 4.69) is 109 Å². The van der Waals surface area contributed by atoms with Crippen molar-refractivity contribution in [3.63, 3.8) is 0 Å². The van der Waals surface area contributed by atoms with Gasteiger partial charge in [0.25, 0.3) is 5.91 Å². The summed E-state index contributed by atoms with van der Waals surface area (Å²) in [6, 6.07) is 29.6. The largest absolute Gasteiger partial charge is 0.351 e. The number of hydrogen-bond donors (Lipinski definition) is 1. The van der Waals surface area contributed by atoms with E-state index in [-0.39, 0.29) is 24.2 Å². The first-order valence-corrected chi connectivity index (χ1v) is 12.8. The summed E-state index contributed by atoms with van der Waals surface area (Å²) in [4.78, 5) is 16.1. The molecule has 0 aliphatic rings. The average Bonchev–Trinajstić information content (AvgIpc) is 3.21. The van der Waals surface area contributed by atoms with Crippen LogP contribution in [0.25, 0.3) is 10.9 Å². The van der Waals surface area contributed by atoms with E-state index in [1.54, 1.807) is 0 Å². The lowest BCUT2D eigenvalue weighted by Crippen LogP contribution is -2.30. The summed E-state index contributed by atoms with van der Waals surface area (Å²) in [5.74, 6) is -0.0257. The van der Waals surface area contributed by atoms with Gasteiger partial charge >= 0.3 is 0 Å². The number of benzene rings is 3. The number of nitrogens with zero attached hydrogens (tertiary/aromatic N) is 2. The summed E-state index contributed by atoms with van der Waals surface area (Å²) in [6.45, 7) is 4.49. The molecule has 4 aromatic rings. The Morgan fingerprint density at radius 3 is 2.03 bits per heavy atom. The third kappa shape index (κ3) is 6.18. The van der Waals surface area contributed by atoms with Crippen LogP contribution in [0, 0.1) is 0 Å². The van der Waals surface area contributed by atoms with Gasteiger partial charge in [-0.25, -0.2) is 0 Å². The van der Waals surface area contributed by atoms with Crippen molar-refractivity contribution in [1.29, 1.82) is 0 Å². The van der Waals surface area contributed by atoms with Crippen molar-refractivity contribution >= 4 is 29.2 Å². The van der Waals surface area contributed by atoms with Crippen LogP contribution in [0.15, 0.2) is 84.9 Å². The number of hydrogen-bond acceptors (Lipinski definition) is 2. The van der Waals surface area contributed by atoms with Gasteiger partial charge in [0.15, 0.2) is 0 Å². The summed E-state index contributed by atoms with van der Waals surface area (Å²) >= 11 is 0. The highest BCUT2D eigenvalue weighted by Crippen LogP contribution is 2.40. The van der Waals surface area contributed by atoms with E-state index in [1.807, 2.05) is 12.1 Å². The summed E-state index contributed by atoms with van der Waals surface area (Å²) in [7, 11) is 4.15. The molecule has 0 atom stereocenters. The minimum absolute atomic E-state index is 0. The van der Waals surface area contributed by atoms with Crippen molar-refractivity contribution in [3.05, 3.63) is 107 Å². The zero-order valence-electron chi connectivity index (χ0n) is 21.6. The van der Waals surface area contributed by atoms with E-state index < -0.39 is 0 Å². The molecule has 0 bridgehead atoms. The monoisotopic (exact) mass is 503 g/mol. The Labute approximate surface area is 221 Å². The van der Waals surface area contributed by atoms with Gasteiger partial charge in [0, 0.05) is 42.0 Å². The molecule has 1 N–H and O–H groups in total. The van der Waals surface area contributed by atoms with Crippen molar-refractivity contribution in [2.75, 3.05) is 27.2 Å². The molecule has 3 aromatic carbocycles. The van der Waals surface area contributed by atoms with Crippen LogP contribution in [-0.4, -0.2) is 42.6 Å². The molecular formula is C31H38ClN3O. The maximum absolute atomic E-state index is 13.9. The molecule has 0 spiro atoms. The van der Waals surface area contributed by atoms with Crippen molar-refractivity contribution in [3.8, 4) is 0 Å². The molecule has 0 saturated heterocycles. The molecule has 0 fully saturated rings. The maximum Gasteiger partial charge on any atom is 0.268 e. The molecule has 0 aliphatic carbocycles. The molecule has 0 unspecified atom stereocenters. The Morgan fingerprint density at radius 2 is 1.44 bits per heavy atom. The van der Waals surface area contributed by atoms with Crippen LogP contribution in [0.5, 0.6) is 0 Å². The lowest BCUT2D eigenvalue weighted by Gasteiger charge is -2.21. The summed E-state index contributed by atoms with van der Waals surface area (Å²) < 4.78 is 2.23. The first kappa shape index (κ1) is 27.5. The van der Waals surface area contributed by atoms with Gasteiger partial charge in [-0.05, 0) is 37.7 Å². The predicted molar refractivity (Wildman–Crippen MR) is 153 cm³/mol.